The average Bonchev–Trinajstić information content (AvgIpc) is 2.48. The van der Waals surface area contributed by atoms with Crippen LogP contribution in [0.1, 0.15) is 24.0 Å². The number of sulfonamides is 1. The van der Waals surface area contributed by atoms with Crippen molar-refractivity contribution in [2.75, 3.05) is 26.7 Å². The Balaban J connectivity index is 2.01. The Morgan fingerprint density at radius 1 is 1.38 bits per heavy atom. The molecule has 0 saturated carbocycles. The molecule has 114 valence electrons. The summed E-state index contributed by atoms with van der Waals surface area (Å²) in [5, 5.41) is 12.2. The highest BCUT2D eigenvalue weighted by Gasteiger charge is 2.23. The Morgan fingerprint density at radius 2 is 2.10 bits per heavy atom. The third kappa shape index (κ3) is 4.53. The van der Waals surface area contributed by atoms with Crippen molar-refractivity contribution >= 4 is 10.0 Å². The summed E-state index contributed by atoms with van der Waals surface area (Å²) in [6.07, 6.45) is 2.04. The molecule has 0 atom stereocenters. The lowest BCUT2D eigenvalue weighted by Crippen LogP contribution is -2.37. The van der Waals surface area contributed by atoms with Crippen LogP contribution in [0.15, 0.2) is 24.3 Å². The van der Waals surface area contributed by atoms with E-state index in [1.54, 1.807) is 31.3 Å². The van der Waals surface area contributed by atoms with E-state index < -0.39 is 10.0 Å². The minimum absolute atomic E-state index is 0.0516. The largest absolute Gasteiger partial charge is 0.317 e. The molecule has 5 nitrogen and oxygen atoms in total. The molecule has 1 aromatic rings. The molecule has 1 N–H and O–H groups in total. The van der Waals surface area contributed by atoms with Crippen LogP contribution in [0.5, 0.6) is 0 Å². The Kier molecular flexibility index (Phi) is 5.34. The highest BCUT2D eigenvalue weighted by Crippen LogP contribution is 2.17. The zero-order valence-corrected chi connectivity index (χ0v) is 13.1. The van der Waals surface area contributed by atoms with Gasteiger partial charge in [-0.05, 0) is 49.5 Å². The first-order valence-corrected chi connectivity index (χ1v) is 8.76. The Labute approximate surface area is 126 Å². The highest BCUT2D eigenvalue weighted by molar-refractivity contribution is 7.88. The Bertz CT molecular complexity index is 616. The number of benzene rings is 1. The van der Waals surface area contributed by atoms with Gasteiger partial charge in [-0.2, -0.15) is 5.26 Å². The van der Waals surface area contributed by atoms with Crippen LogP contribution in [0.2, 0.25) is 0 Å². The van der Waals surface area contributed by atoms with E-state index in [1.807, 2.05) is 6.07 Å². The zero-order chi connectivity index (χ0) is 15.3. The van der Waals surface area contributed by atoms with E-state index in [4.69, 9.17) is 5.26 Å². The fourth-order valence-corrected chi connectivity index (χ4v) is 3.85. The first-order chi connectivity index (χ1) is 10.0. The second kappa shape index (κ2) is 7.03. The lowest BCUT2D eigenvalue weighted by molar-refractivity contribution is 0.311. The summed E-state index contributed by atoms with van der Waals surface area (Å²) >= 11 is 0. The minimum atomic E-state index is -3.33. The van der Waals surface area contributed by atoms with E-state index in [0.29, 0.717) is 23.6 Å². The fourth-order valence-electron chi connectivity index (χ4n) is 2.59. The van der Waals surface area contributed by atoms with Gasteiger partial charge >= 0.3 is 0 Å². The van der Waals surface area contributed by atoms with Gasteiger partial charge in [0.1, 0.15) is 0 Å². The van der Waals surface area contributed by atoms with Crippen molar-refractivity contribution in [1.29, 1.82) is 5.26 Å². The third-order valence-electron chi connectivity index (χ3n) is 3.85. The van der Waals surface area contributed by atoms with Gasteiger partial charge < -0.3 is 5.32 Å². The molecule has 0 amide bonds. The van der Waals surface area contributed by atoms with E-state index in [1.165, 1.54) is 4.31 Å². The quantitative estimate of drug-likeness (QED) is 0.890. The van der Waals surface area contributed by atoms with Crippen molar-refractivity contribution in [3.63, 3.8) is 0 Å². The van der Waals surface area contributed by atoms with Crippen LogP contribution >= 0.6 is 0 Å². The zero-order valence-electron chi connectivity index (χ0n) is 12.2. The maximum absolute atomic E-state index is 12.4. The summed E-state index contributed by atoms with van der Waals surface area (Å²) in [5.74, 6) is 0.376. The number of hydrogen-bond acceptors (Lipinski definition) is 4. The van der Waals surface area contributed by atoms with Gasteiger partial charge in [0.2, 0.25) is 10.0 Å². The van der Waals surface area contributed by atoms with Crippen LogP contribution in [0.4, 0.5) is 0 Å². The molecule has 0 bridgehead atoms. The van der Waals surface area contributed by atoms with Gasteiger partial charge in [-0.3, -0.25) is 0 Å². The summed E-state index contributed by atoms with van der Waals surface area (Å²) < 4.78 is 26.3. The smallest absolute Gasteiger partial charge is 0.218 e. The molecule has 2 rings (SSSR count). The van der Waals surface area contributed by atoms with Gasteiger partial charge in [-0.1, -0.05) is 12.1 Å². The summed E-state index contributed by atoms with van der Waals surface area (Å²) in [7, 11) is -1.69. The molecule has 1 heterocycles. The van der Waals surface area contributed by atoms with E-state index >= 15 is 0 Å². The summed E-state index contributed by atoms with van der Waals surface area (Å²) in [6, 6.07) is 8.81. The van der Waals surface area contributed by atoms with Crippen molar-refractivity contribution in [1.82, 2.24) is 9.62 Å². The van der Waals surface area contributed by atoms with Crippen LogP contribution in [-0.2, 0) is 15.8 Å². The maximum atomic E-state index is 12.4. The normalized spacial score (nSPS) is 16.8. The second-order valence-electron chi connectivity index (χ2n) is 5.54. The molecule has 1 fully saturated rings. The first-order valence-electron chi connectivity index (χ1n) is 7.15. The van der Waals surface area contributed by atoms with Crippen molar-refractivity contribution in [2.45, 2.75) is 18.6 Å². The Hall–Kier alpha value is -1.42. The highest BCUT2D eigenvalue weighted by atomic mass is 32.2. The summed E-state index contributed by atoms with van der Waals surface area (Å²) in [5.41, 5.74) is 1.15. The van der Waals surface area contributed by atoms with Gasteiger partial charge in [-0.25, -0.2) is 12.7 Å². The number of nitrogens with one attached hydrogen (secondary N) is 1. The number of piperidine rings is 1. The maximum Gasteiger partial charge on any atom is 0.218 e. The number of rotatable bonds is 5. The molecule has 1 aliphatic heterocycles. The lowest BCUT2D eigenvalue weighted by atomic mass is 9.98. The predicted octanol–water partition coefficient (Wildman–Crippen LogP) is 1.32. The molecular weight excluding hydrogens is 286 g/mol. The average molecular weight is 307 g/mol. The molecule has 0 aromatic heterocycles. The predicted molar refractivity (Wildman–Crippen MR) is 82.0 cm³/mol. The molecule has 0 unspecified atom stereocenters. The van der Waals surface area contributed by atoms with Gasteiger partial charge in [0, 0.05) is 13.6 Å². The van der Waals surface area contributed by atoms with Crippen LogP contribution in [-0.4, -0.2) is 39.4 Å². The van der Waals surface area contributed by atoms with Crippen molar-refractivity contribution in [3.8, 4) is 6.07 Å². The molecule has 0 radical (unpaired) electrons. The Morgan fingerprint density at radius 3 is 2.76 bits per heavy atom. The van der Waals surface area contributed by atoms with E-state index in [9.17, 15) is 8.42 Å². The van der Waals surface area contributed by atoms with E-state index in [2.05, 4.69) is 5.32 Å². The van der Waals surface area contributed by atoms with Gasteiger partial charge in [0.05, 0.1) is 17.4 Å². The molecule has 6 heteroatoms. The van der Waals surface area contributed by atoms with Crippen LogP contribution in [0.3, 0.4) is 0 Å². The van der Waals surface area contributed by atoms with Gasteiger partial charge in [0.15, 0.2) is 0 Å². The fraction of sp³-hybridized carbons (Fsp3) is 0.533. The number of hydrogen-bond donors (Lipinski definition) is 1. The summed E-state index contributed by atoms with van der Waals surface area (Å²) in [6.45, 7) is 2.49. The minimum Gasteiger partial charge on any atom is -0.317 e. The lowest BCUT2D eigenvalue weighted by Gasteiger charge is -2.27. The van der Waals surface area contributed by atoms with E-state index in [0.717, 1.165) is 25.9 Å². The molecule has 1 saturated heterocycles. The number of nitrogens with zero attached hydrogens (tertiary/aromatic N) is 2. The molecule has 21 heavy (non-hydrogen) atoms. The second-order valence-corrected chi connectivity index (χ2v) is 7.62. The molecule has 0 aliphatic carbocycles. The van der Waals surface area contributed by atoms with Crippen molar-refractivity contribution in [2.24, 2.45) is 5.92 Å². The van der Waals surface area contributed by atoms with Gasteiger partial charge in [-0.15, -0.1) is 0 Å². The van der Waals surface area contributed by atoms with E-state index in [-0.39, 0.29) is 5.75 Å². The SMILES string of the molecule is CN(CC1CCNCC1)S(=O)(=O)Cc1cccc(C#N)c1. The number of nitriles is 1. The monoisotopic (exact) mass is 307 g/mol. The molecule has 0 spiro atoms. The summed E-state index contributed by atoms with van der Waals surface area (Å²) in [4.78, 5) is 0. The molecule has 1 aromatic carbocycles. The van der Waals surface area contributed by atoms with Crippen LogP contribution < -0.4 is 5.32 Å². The molecule has 1 aliphatic rings. The van der Waals surface area contributed by atoms with Crippen molar-refractivity contribution in [3.05, 3.63) is 35.4 Å². The topological polar surface area (TPSA) is 73.2 Å². The first kappa shape index (κ1) is 16.0. The van der Waals surface area contributed by atoms with Crippen molar-refractivity contribution < 1.29 is 8.42 Å². The van der Waals surface area contributed by atoms with Crippen LogP contribution in [0, 0.1) is 17.2 Å². The molecular formula is C15H21N3O2S. The standard InChI is InChI=1S/C15H21N3O2S/c1-18(11-13-5-7-17-8-6-13)21(19,20)12-15-4-2-3-14(9-15)10-16/h2-4,9,13,17H,5-8,11-12H2,1H3. The third-order valence-corrected chi connectivity index (χ3v) is 5.65. The van der Waals surface area contributed by atoms with Crippen LogP contribution in [0.25, 0.3) is 0 Å². The van der Waals surface area contributed by atoms with Gasteiger partial charge in [0.25, 0.3) is 0 Å².